The molecule has 0 radical (unpaired) electrons. The molecule has 0 aromatic heterocycles. The molecule has 0 bridgehead atoms. The van der Waals surface area contributed by atoms with Crippen molar-refractivity contribution in [3.8, 4) is 0 Å². The predicted octanol–water partition coefficient (Wildman–Crippen LogP) is 2.95. The first-order valence-electron chi connectivity index (χ1n) is 9.19. The van der Waals surface area contributed by atoms with Gasteiger partial charge in [0, 0.05) is 32.7 Å². The molecule has 28 heavy (non-hydrogen) atoms. The maximum absolute atomic E-state index is 13.3. The fraction of sp³-hybridized carbons (Fsp3) is 0.273. The fourth-order valence-corrected chi connectivity index (χ4v) is 3.71. The standard InChI is InChI=1S/C22H25FN4O.H2/c1-26(2)20-14-27(13-19(20)15-8-10-17(23)11-9-15)22(28)18(12-24)21(25)16-6-4-3-5-7-16;/h3-12,19-20,24H,13-14,25H2,1-2H3;1H/b21-18+,24-12?;/t19-,20+;/m1./s1. The minimum absolute atomic E-state index is 0. The summed E-state index contributed by atoms with van der Waals surface area (Å²) in [5.74, 6) is -0.474. The first-order valence-corrected chi connectivity index (χ1v) is 9.19. The highest BCUT2D eigenvalue weighted by molar-refractivity contribution is 6.17. The Labute approximate surface area is 166 Å². The summed E-state index contributed by atoms with van der Waals surface area (Å²) >= 11 is 0. The summed E-state index contributed by atoms with van der Waals surface area (Å²) in [4.78, 5) is 17.0. The van der Waals surface area contributed by atoms with Crippen LogP contribution in [-0.2, 0) is 4.79 Å². The van der Waals surface area contributed by atoms with E-state index in [1.54, 1.807) is 17.0 Å². The molecule has 0 spiro atoms. The van der Waals surface area contributed by atoms with Crippen LogP contribution in [0.5, 0.6) is 0 Å². The summed E-state index contributed by atoms with van der Waals surface area (Å²) in [5.41, 5.74) is 8.39. The predicted molar refractivity (Wildman–Crippen MR) is 112 cm³/mol. The zero-order chi connectivity index (χ0) is 20.3. The molecule has 2 aromatic carbocycles. The first kappa shape index (κ1) is 19.8. The Hall–Kier alpha value is -2.99. The van der Waals surface area contributed by atoms with E-state index in [1.807, 2.05) is 44.4 Å². The lowest BCUT2D eigenvalue weighted by atomic mass is 9.94. The minimum atomic E-state index is -0.277. The van der Waals surface area contributed by atoms with Crippen molar-refractivity contribution >= 4 is 17.8 Å². The van der Waals surface area contributed by atoms with E-state index < -0.39 is 0 Å². The second-order valence-electron chi connectivity index (χ2n) is 7.24. The molecule has 5 nitrogen and oxygen atoms in total. The van der Waals surface area contributed by atoms with Gasteiger partial charge < -0.3 is 20.9 Å². The van der Waals surface area contributed by atoms with Crippen LogP contribution in [0.1, 0.15) is 18.5 Å². The van der Waals surface area contributed by atoms with Crippen molar-refractivity contribution in [1.82, 2.24) is 9.80 Å². The monoisotopic (exact) mass is 382 g/mol. The number of carbonyl (C=O) groups is 1. The van der Waals surface area contributed by atoms with Crippen molar-refractivity contribution in [2.75, 3.05) is 27.2 Å². The second-order valence-corrected chi connectivity index (χ2v) is 7.24. The Morgan fingerprint density at radius 3 is 2.39 bits per heavy atom. The molecule has 0 saturated carbocycles. The van der Waals surface area contributed by atoms with Gasteiger partial charge in [0.25, 0.3) is 5.91 Å². The Morgan fingerprint density at radius 2 is 1.82 bits per heavy atom. The molecule has 1 saturated heterocycles. The average molecular weight is 382 g/mol. The van der Waals surface area contributed by atoms with Gasteiger partial charge in [0.2, 0.25) is 0 Å². The van der Waals surface area contributed by atoms with Gasteiger partial charge in [-0.1, -0.05) is 42.5 Å². The molecule has 1 aliphatic rings. The van der Waals surface area contributed by atoms with E-state index in [1.165, 1.54) is 12.1 Å². The molecule has 3 rings (SSSR count). The fourth-order valence-electron chi connectivity index (χ4n) is 3.71. The number of carbonyl (C=O) groups excluding carboxylic acids is 1. The van der Waals surface area contributed by atoms with E-state index in [0.29, 0.717) is 24.4 Å². The number of likely N-dealkylation sites (N-methyl/N-ethyl adjacent to an activating group) is 1. The lowest BCUT2D eigenvalue weighted by Gasteiger charge is -2.25. The Balaban J connectivity index is 0.00000300. The average Bonchev–Trinajstić information content (AvgIpc) is 3.15. The van der Waals surface area contributed by atoms with Crippen LogP contribution in [0.4, 0.5) is 4.39 Å². The van der Waals surface area contributed by atoms with Crippen molar-refractivity contribution in [3.63, 3.8) is 0 Å². The molecule has 1 fully saturated rings. The number of benzene rings is 2. The van der Waals surface area contributed by atoms with Crippen molar-refractivity contribution < 1.29 is 10.6 Å². The van der Waals surface area contributed by atoms with E-state index in [4.69, 9.17) is 11.1 Å². The van der Waals surface area contributed by atoms with Gasteiger partial charge in [-0.3, -0.25) is 4.79 Å². The van der Waals surface area contributed by atoms with Crippen LogP contribution in [0.25, 0.3) is 5.70 Å². The largest absolute Gasteiger partial charge is 0.398 e. The maximum atomic E-state index is 13.3. The molecule has 6 heteroatoms. The molecule has 3 N–H and O–H groups in total. The molecular formula is C22H27FN4O. The van der Waals surface area contributed by atoms with Gasteiger partial charge in [0.1, 0.15) is 5.82 Å². The number of likely N-dealkylation sites (tertiary alicyclic amines) is 1. The Kier molecular flexibility index (Phi) is 5.90. The molecule has 1 aliphatic heterocycles. The first-order chi connectivity index (χ1) is 13.4. The van der Waals surface area contributed by atoms with Crippen LogP contribution in [0.3, 0.4) is 0 Å². The molecule has 148 valence electrons. The number of nitrogens with two attached hydrogens (primary N) is 1. The van der Waals surface area contributed by atoms with Crippen molar-refractivity contribution in [2.45, 2.75) is 12.0 Å². The van der Waals surface area contributed by atoms with Crippen molar-refractivity contribution in [3.05, 3.63) is 77.1 Å². The number of amides is 1. The Morgan fingerprint density at radius 1 is 1.18 bits per heavy atom. The minimum Gasteiger partial charge on any atom is -0.398 e. The van der Waals surface area contributed by atoms with Gasteiger partial charge in [0.05, 0.1) is 11.3 Å². The zero-order valence-corrected chi connectivity index (χ0v) is 16.1. The third-order valence-electron chi connectivity index (χ3n) is 5.29. The van der Waals surface area contributed by atoms with Crippen LogP contribution in [-0.4, -0.2) is 55.1 Å². The summed E-state index contributed by atoms with van der Waals surface area (Å²) in [6.45, 7) is 1.01. The lowest BCUT2D eigenvalue weighted by molar-refractivity contribution is -0.125. The highest BCUT2D eigenvalue weighted by atomic mass is 19.1. The number of nitrogens with zero attached hydrogens (tertiary/aromatic N) is 2. The lowest BCUT2D eigenvalue weighted by Crippen LogP contribution is -2.36. The summed E-state index contributed by atoms with van der Waals surface area (Å²) in [5, 5.41) is 7.74. The number of nitrogens with one attached hydrogen (secondary N) is 1. The highest BCUT2D eigenvalue weighted by Gasteiger charge is 2.38. The maximum Gasteiger partial charge on any atom is 0.257 e. The molecule has 0 unspecified atom stereocenters. The third-order valence-corrected chi connectivity index (χ3v) is 5.29. The SMILES string of the molecule is CN(C)[C@H]1CN(C(=O)/C(C=N)=C(/N)c2ccccc2)C[C@@H]1c1ccc(F)cc1.[HH]. The molecule has 0 aliphatic carbocycles. The van der Waals surface area contributed by atoms with Crippen molar-refractivity contribution in [1.29, 1.82) is 5.41 Å². The summed E-state index contributed by atoms with van der Waals surface area (Å²) in [6.07, 6.45) is 1.03. The molecule has 1 heterocycles. The summed E-state index contributed by atoms with van der Waals surface area (Å²) in [6, 6.07) is 15.7. The second kappa shape index (κ2) is 8.35. The van der Waals surface area contributed by atoms with Crippen LogP contribution < -0.4 is 5.73 Å². The van der Waals surface area contributed by atoms with Gasteiger partial charge in [-0.25, -0.2) is 4.39 Å². The molecule has 2 atom stereocenters. The van der Waals surface area contributed by atoms with Crippen LogP contribution in [0.15, 0.2) is 60.2 Å². The number of hydrogen-bond acceptors (Lipinski definition) is 4. The van der Waals surface area contributed by atoms with Gasteiger partial charge in [0.15, 0.2) is 0 Å². The van der Waals surface area contributed by atoms with E-state index in [-0.39, 0.29) is 30.7 Å². The summed E-state index contributed by atoms with van der Waals surface area (Å²) in [7, 11) is 3.95. The quantitative estimate of drug-likeness (QED) is 0.617. The van der Waals surface area contributed by atoms with Crippen LogP contribution in [0, 0.1) is 11.2 Å². The smallest absolute Gasteiger partial charge is 0.257 e. The van der Waals surface area contributed by atoms with Gasteiger partial charge >= 0.3 is 0 Å². The number of rotatable bonds is 5. The number of hydrogen-bond donors (Lipinski definition) is 2. The molecule has 2 aromatic rings. The van der Waals surface area contributed by atoms with Gasteiger partial charge in [-0.15, -0.1) is 0 Å². The normalized spacial score (nSPS) is 20.2. The third kappa shape index (κ3) is 3.97. The highest BCUT2D eigenvalue weighted by Crippen LogP contribution is 2.31. The van der Waals surface area contributed by atoms with Crippen LogP contribution >= 0.6 is 0 Å². The van der Waals surface area contributed by atoms with E-state index in [2.05, 4.69) is 4.90 Å². The van der Waals surface area contributed by atoms with Crippen molar-refractivity contribution in [2.24, 2.45) is 5.73 Å². The van der Waals surface area contributed by atoms with Crippen LogP contribution in [0.2, 0.25) is 0 Å². The number of halogens is 1. The van der Waals surface area contributed by atoms with E-state index in [9.17, 15) is 9.18 Å². The van der Waals surface area contributed by atoms with Gasteiger partial charge in [-0.05, 0) is 37.4 Å². The van der Waals surface area contributed by atoms with E-state index in [0.717, 1.165) is 11.8 Å². The molecule has 1 amide bonds. The molecular weight excluding hydrogens is 355 g/mol. The zero-order valence-electron chi connectivity index (χ0n) is 16.1. The topological polar surface area (TPSA) is 73.4 Å². The van der Waals surface area contributed by atoms with E-state index >= 15 is 0 Å². The Bertz CT molecular complexity index is 883. The summed E-state index contributed by atoms with van der Waals surface area (Å²) < 4.78 is 13.3. The van der Waals surface area contributed by atoms with Gasteiger partial charge in [-0.2, -0.15) is 0 Å².